The molecule has 148 valence electrons. The molecule has 0 bridgehead atoms. The van der Waals surface area contributed by atoms with Crippen molar-refractivity contribution in [3.05, 3.63) is 48.3 Å². The van der Waals surface area contributed by atoms with Crippen molar-refractivity contribution in [1.82, 2.24) is 20.4 Å². The van der Waals surface area contributed by atoms with Crippen molar-refractivity contribution in [2.45, 2.75) is 59.7 Å². The number of carbonyl (C=O) groups is 1. The number of nitrogens with zero attached hydrogens (tertiary/aromatic N) is 2. The maximum absolute atomic E-state index is 11.9. The van der Waals surface area contributed by atoms with Crippen LogP contribution in [0.5, 0.6) is 0 Å². The molecule has 1 aromatic carbocycles. The number of hydrogen-bond donors (Lipinski definition) is 2. The summed E-state index contributed by atoms with van der Waals surface area (Å²) in [5.74, 6) is 0. The maximum Gasteiger partial charge on any atom is 0.407 e. The Kier molecular flexibility index (Phi) is 6.65. The first-order valence-electron chi connectivity index (χ1n) is 9.34. The summed E-state index contributed by atoms with van der Waals surface area (Å²) in [5, 5.41) is 10.7. The normalized spacial score (nSPS) is 13.3. The van der Waals surface area contributed by atoms with Gasteiger partial charge in [0.15, 0.2) is 0 Å². The number of benzene rings is 1. The van der Waals surface area contributed by atoms with E-state index in [-0.39, 0.29) is 17.6 Å². The fourth-order valence-corrected chi connectivity index (χ4v) is 2.61. The lowest BCUT2D eigenvalue weighted by Gasteiger charge is -2.32. The van der Waals surface area contributed by atoms with E-state index in [0.717, 1.165) is 12.2 Å². The SMILES string of the molecule is CC(C)(C)OC(=O)NC[C@@H](NCc1ccc(-n2cccn2)cc1)C(C)(C)C. The summed E-state index contributed by atoms with van der Waals surface area (Å²) < 4.78 is 7.16. The summed E-state index contributed by atoms with van der Waals surface area (Å²) in [7, 11) is 0. The van der Waals surface area contributed by atoms with Gasteiger partial charge in [-0.05, 0) is 49.9 Å². The average Bonchev–Trinajstić information content (AvgIpc) is 3.07. The Balaban J connectivity index is 1.91. The van der Waals surface area contributed by atoms with Crippen molar-refractivity contribution in [2.24, 2.45) is 5.41 Å². The highest BCUT2D eigenvalue weighted by atomic mass is 16.6. The number of nitrogens with one attached hydrogen (secondary N) is 2. The van der Waals surface area contributed by atoms with Crippen molar-refractivity contribution in [2.75, 3.05) is 6.54 Å². The molecule has 0 fully saturated rings. The number of aromatic nitrogens is 2. The topological polar surface area (TPSA) is 68.2 Å². The van der Waals surface area contributed by atoms with E-state index in [1.807, 2.05) is 37.7 Å². The highest BCUT2D eigenvalue weighted by Crippen LogP contribution is 2.20. The first-order valence-corrected chi connectivity index (χ1v) is 9.34. The molecule has 2 N–H and O–H groups in total. The molecule has 0 aliphatic carbocycles. The van der Waals surface area contributed by atoms with Gasteiger partial charge in [0, 0.05) is 31.5 Å². The van der Waals surface area contributed by atoms with Crippen LogP contribution in [0.15, 0.2) is 42.7 Å². The molecule has 1 amide bonds. The van der Waals surface area contributed by atoms with Gasteiger partial charge in [0.25, 0.3) is 0 Å². The van der Waals surface area contributed by atoms with Gasteiger partial charge in [0.1, 0.15) is 5.60 Å². The van der Waals surface area contributed by atoms with Crippen LogP contribution in [-0.4, -0.2) is 34.1 Å². The molecule has 1 heterocycles. The van der Waals surface area contributed by atoms with Crippen molar-refractivity contribution in [3.8, 4) is 5.69 Å². The Morgan fingerprint density at radius 3 is 2.33 bits per heavy atom. The van der Waals surface area contributed by atoms with Gasteiger partial charge in [-0.2, -0.15) is 5.10 Å². The molecule has 2 rings (SSSR count). The molecule has 6 nitrogen and oxygen atoms in total. The van der Waals surface area contributed by atoms with Gasteiger partial charge >= 0.3 is 6.09 Å². The third-order valence-electron chi connectivity index (χ3n) is 4.15. The molecule has 27 heavy (non-hydrogen) atoms. The molecule has 0 unspecified atom stereocenters. The second-order valence-corrected chi connectivity index (χ2v) is 8.80. The minimum atomic E-state index is -0.495. The highest BCUT2D eigenvalue weighted by molar-refractivity contribution is 5.67. The Labute approximate surface area is 162 Å². The molecule has 0 saturated carbocycles. The number of carbonyl (C=O) groups excluding carboxylic acids is 1. The van der Waals surface area contributed by atoms with E-state index in [2.05, 4.69) is 60.8 Å². The molecular weight excluding hydrogens is 340 g/mol. The van der Waals surface area contributed by atoms with Gasteiger partial charge in [-0.1, -0.05) is 32.9 Å². The number of hydrogen-bond acceptors (Lipinski definition) is 4. The summed E-state index contributed by atoms with van der Waals surface area (Å²) in [6.45, 7) is 13.3. The summed E-state index contributed by atoms with van der Waals surface area (Å²) >= 11 is 0. The van der Waals surface area contributed by atoms with Crippen LogP contribution >= 0.6 is 0 Å². The van der Waals surface area contributed by atoms with Crippen LogP contribution < -0.4 is 10.6 Å². The zero-order valence-electron chi connectivity index (χ0n) is 17.2. The summed E-state index contributed by atoms with van der Waals surface area (Å²) in [6.07, 6.45) is 3.30. The first kappa shape index (κ1) is 21.0. The quantitative estimate of drug-likeness (QED) is 0.807. The molecular formula is C21H32N4O2. The van der Waals surface area contributed by atoms with E-state index in [4.69, 9.17) is 4.74 Å². The van der Waals surface area contributed by atoms with E-state index < -0.39 is 5.60 Å². The van der Waals surface area contributed by atoms with E-state index in [1.54, 1.807) is 6.20 Å². The molecule has 0 aliphatic rings. The molecule has 0 spiro atoms. The van der Waals surface area contributed by atoms with Crippen molar-refractivity contribution >= 4 is 6.09 Å². The molecule has 1 atom stereocenters. The second kappa shape index (κ2) is 8.57. The van der Waals surface area contributed by atoms with Crippen molar-refractivity contribution in [1.29, 1.82) is 0 Å². The van der Waals surface area contributed by atoms with Crippen LogP contribution in [0.25, 0.3) is 5.69 Å². The van der Waals surface area contributed by atoms with Gasteiger partial charge in [-0.15, -0.1) is 0 Å². The van der Waals surface area contributed by atoms with Crippen LogP contribution in [0.2, 0.25) is 0 Å². The Morgan fingerprint density at radius 1 is 1.15 bits per heavy atom. The van der Waals surface area contributed by atoms with Gasteiger partial charge < -0.3 is 15.4 Å². The van der Waals surface area contributed by atoms with Crippen LogP contribution in [0.1, 0.15) is 47.1 Å². The zero-order valence-corrected chi connectivity index (χ0v) is 17.2. The molecule has 1 aromatic heterocycles. The molecule has 0 saturated heterocycles. The fraction of sp³-hybridized carbons (Fsp3) is 0.524. The zero-order chi connectivity index (χ0) is 20.1. The van der Waals surface area contributed by atoms with E-state index in [0.29, 0.717) is 6.54 Å². The predicted molar refractivity (Wildman–Crippen MR) is 108 cm³/mol. The van der Waals surface area contributed by atoms with E-state index in [1.165, 1.54) is 5.56 Å². The van der Waals surface area contributed by atoms with Crippen LogP contribution in [0.4, 0.5) is 4.79 Å². The number of rotatable bonds is 6. The summed E-state index contributed by atoms with van der Waals surface area (Å²) in [6, 6.07) is 10.3. The Bertz CT molecular complexity index is 710. The van der Waals surface area contributed by atoms with Crippen molar-refractivity contribution in [3.63, 3.8) is 0 Å². The van der Waals surface area contributed by atoms with Crippen molar-refractivity contribution < 1.29 is 9.53 Å². The van der Waals surface area contributed by atoms with E-state index >= 15 is 0 Å². The predicted octanol–water partition coefficient (Wildman–Crippen LogP) is 3.90. The summed E-state index contributed by atoms with van der Waals surface area (Å²) in [4.78, 5) is 11.9. The van der Waals surface area contributed by atoms with E-state index in [9.17, 15) is 4.79 Å². The molecule has 0 aliphatic heterocycles. The van der Waals surface area contributed by atoms with Gasteiger partial charge in [-0.3, -0.25) is 0 Å². The standard InChI is InChI=1S/C21H32N4O2/c1-20(2,3)18(15-23-19(26)27-21(4,5)6)22-14-16-8-10-17(11-9-16)25-13-7-12-24-25/h7-13,18,22H,14-15H2,1-6H3,(H,23,26)/t18-/m1/s1. The second-order valence-electron chi connectivity index (χ2n) is 8.80. The molecule has 2 aromatic rings. The number of ether oxygens (including phenoxy) is 1. The lowest BCUT2D eigenvalue weighted by Crippen LogP contribution is -2.49. The summed E-state index contributed by atoms with van der Waals surface area (Å²) in [5.41, 5.74) is 1.70. The average molecular weight is 373 g/mol. The molecule has 0 radical (unpaired) electrons. The van der Waals surface area contributed by atoms with Crippen LogP contribution in [0.3, 0.4) is 0 Å². The van der Waals surface area contributed by atoms with Gasteiger partial charge in [0.2, 0.25) is 0 Å². The highest BCUT2D eigenvalue weighted by Gasteiger charge is 2.25. The number of amides is 1. The Hall–Kier alpha value is -2.34. The smallest absolute Gasteiger partial charge is 0.407 e. The monoisotopic (exact) mass is 372 g/mol. The minimum absolute atomic E-state index is 0.00991. The maximum atomic E-state index is 11.9. The van der Waals surface area contributed by atoms with Crippen LogP contribution in [-0.2, 0) is 11.3 Å². The van der Waals surface area contributed by atoms with Gasteiger partial charge in [0.05, 0.1) is 5.69 Å². The Morgan fingerprint density at radius 2 is 1.81 bits per heavy atom. The fourth-order valence-electron chi connectivity index (χ4n) is 2.61. The third-order valence-corrected chi connectivity index (χ3v) is 4.15. The molecule has 6 heteroatoms. The number of alkyl carbamates (subject to hydrolysis) is 1. The van der Waals surface area contributed by atoms with Gasteiger partial charge in [-0.25, -0.2) is 9.48 Å². The minimum Gasteiger partial charge on any atom is -0.444 e. The van der Waals surface area contributed by atoms with Crippen LogP contribution in [0, 0.1) is 5.41 Å². The largest absolute Gasteiger partial charge is 0.444 e. The first-order chi connectivity index (χ1) is 12.5. The lowest BCUT2D eigenvalue weighted by atomic mass is 9.86. The third kappa shape index (κ3) is 7.06. The lowest BCUT2D eigenvalue weighted by molar-refractivity contribution is 0.0513.